The van der Waals surface area contributed by atoms with Gasteiger partial charge in [-0.3, -0.25) is 0 Å². The third kappa shape index (κ3) is 2.29. The number of halogens is 1. The van der Waals surface area contributed by atoms with Crippen molar-refractivity contribution < 1.29 is 0 Å². The number of pyridine rings is 1. The van der Waals surface area contributed by atoms with Crippen LogP contribution in [0.15, 0.2) is 18.3 Å². The number of rotatable bonds is 1. The Kier molecular flexibility index (Phi) is 2.82. The van der Waals surface area contributed by atoms with Crippen molar-refractivity contribution in [2.45, 2.75) is 25.3 Å². The van der Waals surface area contributed by atoms with Crippen LogP contribution in [0, 0.1) is 15.4 Å². The van der Waals surface area contributed by atoms with Crippen LogP contribution in [-0.2, 0) is 0 Å². The van der Waals surface area contributed by atoms with Gasteiger partial charge >= 0.3 is 0 Å². The molecule has 3 nitrogen and oxygen atoms in total. The molecule has 1 aromatic heterocycles. The van der Waals surface area contributed by atoms with E-state index in [2.05, 4.69) is 51.5 Å². The first-order valence-electron chi connectivity index (χ1n) is 6.19. The number of aromatic nitrogens is 1. The van der Waals surface area contributed by atoms with E-state index >= 15 is 0 Å². The molecule has 3 rings (SSSR count). The second kappa shape index (κ2) is 4.09. The zero-order chi connectivity index (χ0) is 12.0. The Bertz CT molecular complexity index is 399. The van der Waals surface area contributed by atoms with Crippen molar-refractivity contribution in [1.82, 2.24) is 4.98 Å². The summed E-state index contributed by atoms with van der Waals surface area (Å²) in [6, 6.07) is 4.26. The highest BCUT2D eigenvalue weighted by Crippen LogP contribution is 2.43. The van der Waals surface area contributed by atoms with Crippen LogP contribution in [0.1, 0.15) is 19.8 Å². The summed E-state index contributed by atoms with van der Waals surface area (Å²) in [6.07, 6.45) is 4.27. The fourth-order valence-electron chi connectivity index (χ4n) is 3.42. The summed E-state index contributed by atoms with van der Waals surface area (Å²) in [6.45, 7) is 4.45. The molecule has 0 amide bonds. The zero-order valence-corrected chi connectivity index (χ0v) is 12.2. The Morgan fingerprint density at radius 2 is 2.00 bits per heavy atom. The van der Waals surface area contributed by atoms with Crippen LogP contribution >= 0.6 is 22.6 Å². The molecule has 1 aromatic rings. The highest BCUT2D eigenvalue weighted by Gasteiger charge is 2.45. The largest absolute Gasteiger partial charge is 0.356 e. The summed E-state index contributed by atoms with van der Waals surface area (Å²) in [4.78, 5) is 6.93. The lowest BCUT2D eigenvalue weighted by atomic mass is 10.00. The quantitative estimate of drug-likeness (QED) is 0.796. The Morgan fingerprint density at radius 3 is 2.53 bits per heavy atom. The maximum Gasteiger partial charge on any atom is 0.128 e. The molecule has 2 aliphatic rings. The molecule has 0 radical (unpaired) electrons. The first kappa shape index (κ1) is 11.7. The predicted molar refractivity (Wildman–Crippen MR) is 78.0 cm³/mol. The fourth-order valence-corrected chi connectivity index (χ4v) is 3.74. The Morgan fingerprint density at radius 1 is 1.35 bits per heavy atom. The van der Waals surface area contributed by atoms with Crippen LogP contribution in [0.2, 0.25) is 0 Å². The molecule has 2 N–H and O–H groups in total. The first-order valence-corrected chi connectivity index (χ1v) is 7.27. The lowest BCUT2D eigenvalue weighted by molar-refractivity contribution is 0.449. The van der Waals surface area contributed by atoms with Crippen LogP contribution < -0.4 is 10.6 Å². The summed E-state index contributed by atoms with van der Waals surface area (Å²) >= 11 is 2.29. The van der Waals surface area contributed by atoms with Crippen LogP contribution in [-0.4, -0.2) is 23.6 Å². The third-order valence-corrected chi connectivity index (χ3v) is 4.71. The highest BCUT2D eigenvalue weighted by molar-refractivity contribution is 14.1. The maximum absolute atomic E-state index is 6.24. The second-order valence-corrected chi connectivity index (χ2v) is 7.07. The molecule has 1 aliphatic carbocycles. The van der Waals surface area contributed by atoms with Gasteiger partial charge in [-0.2, -0.15) is 0 Å². The van der Waals surface area contributed by atoms with Crippen molar-refractivity contribution in [2.24, 2.45) is 17.6 Å². The molecule has 1 saturated carbocycles. The summed E-state index contributed by atoms with van der Waals surface area (Å²) in [5.74, 6) is 2.66. The SMILES string of the molecule is CC1(N)CC2CN(c3ccc(I)cn3)CC2C1. The summed E-state index contributed by atoms with van der Waals surface area (Å²) < 4.78 is 1.19. The lowest BCUT2D eigenvalue weighted by Crippen LogP contribution is -2.35. The minimum atomic E-state index is 0.0704. The van der Waals surface area contributed by atoms with E-state index in [-0.39, 0.29) is 5.54 Å². The molecule has 0 spiro atoms. The van der Waals surface area contributed by atoms with Gasteiger partial charge in [-0.05, 0) is 66.3 Å². The average Bonchev–Trinajstić information content (AvgIpc) is 2.72. The molecule has 2 heterocycles. The van der Waals surface area contributed by atoms with E-state index in [4.69, 9.17) is 5.73 Å². The first-order chi connectivity index (χ1) is 8.03. The van der Waals surface area contributed by atoms with Crippen LogP contribution in [0.4, 0.5) is 5.82 Å². The number of hydrogen-bond donors (Lipinski definition) is 1. The maximum atomic E-state index is 6.24. The van der Waals surface area contributed by atoms with Crippen molar-refractivity contribution in [2.75, 3.05) is 18.0 Å². The molecule has 4 heteroatoms. The van der Waals surface area contributed by atoms with Gasteiger partial charge in [0, 0.05) is 28.4 Å². The third-order valence-electron chi connectivity index (χ3n) is 4.07. The van der Waals surface area contributed by atoms with Gasteiger partial charge < -0.3 is 10.6 Å². The Hall–Kier alpha value is -0.360. The molecule has 2 fully saturated rings. The van der Waals surface area contributed by atoms with Gasteiger partial charge in [-0.15, -0.1) is 0 Å². The van der Waals surface area contributed by atoms with Gasteiger partial charge in [-0.25, -0.2) is 4.98 Å². The molecular formula is C13H18IN3. The molecule has 1 aliphatic heterocycles. The topological polar surface area (TPSA) is 42.1 Å². The van der Waals surface area contributed by atoms with Crippen molar-refractivity contribution in [3.63, 3.8) is 0 Å². The monoisotopic (exact) mass is 343 g/mol. The van der Waals surface area contributed by atoms with Gasteiger partial charge in [0.15, 0.2) is 0 Å². The van der Waals surface area contributed by atoms with E-state index in [9.17, 15) is 0 Å². The van der Waals surface area contributed by atoms with Gasteiger partial charge in [0.2, 0.25) is 0 Å². The molecule has 1 saturated heterocycles. The normalized spacial score (nSPS) is 36.3. The van der Waals surface area contributed by atoms with Gasteiger partial charge in [0.1, 0.15) is 5.82 Å². The second-order valence-electron chi connectivity index (χ2n) is 5.82. The van der Waals surface area contributed by atoms with E-state index in [0.29, 0.717) is 0 Å². The van der Waals surface area contributed by atoms with Crippen molar-refractivity contribution in [3.05, 3.63) is 21.9 Å². The average molecular weight is 343 g/mol. The van der Waals surface area contributed by atoms with Gasteiger partial charge in [0.25, 0.3) is 0 Å². The fraction of sp³-hybridized carbons (Fsp3) is 0.615. The molecular weight excluding hydrogens is 325 g/mol. The summed E-state index contributed by atoms with van der Waals surface area (Å²) in [5, 5.41) is 0. The minimum absolute atomic E-state index is 0.0704. The van der Waals surface area contributed by atoms with Crippen molar-refractivity contribution >= 4 is 28.4 Å². The lowest BCUT2D eigenvalue weighted by Gasteiger charge is -2.23. The summed E-state index contributed by atoms with van der Waals surface area (Å²) in [5.41, 5.74) is 6.31. The minimum Gasteiger partial charge on any atom is -0.356 e. The van der Waals surface area contributed by atoms with E-state index in [1.54, 1.807) is 0 Å². The molecule has 17 heavy (non-hydrogen) atoms. The van der Waals surface area contributed by atoms with E-state index in [1.807, 2.05) is 6.20 Å². The zero-order valence-electron chi connectivity index (χ0n) is 10.1. The molecule has 2 unspecified atom stereocenters. The van der Waals surface area contributed by atoms with Crippen LogP contribution in [0.3, 0.4) is 0 Å². The number of nitrogens with zero attached hydrogens (tertiary/aromatic N) is 2. The molecule has 0 aromatic carbocycles. The van der Waals surface area contributed by atoms with E-state index in [0.717, 1.165) is 30.7 Å². The smallest absolute Gasteiger partial charge is 0.128 e. The summed E-state index contributed by atoms with van der Waals surface area (Å²) in [7, 11) is 0. The number of hydrogen-bond acceptors (Lipinski definition) is 3. The van der Waals surface area contributed by atoms with Crippen LogP contribution in [0.5, 0.6) is 0 Å². The Balaban J connectivity index is 1.72. The van der Waals surface area contributed by atoms with Crippen molar-refractivity contribution in [1.29, 1.82) is 0 Å². The molecule has 2 atom stereocenters. The van der Waals surface area contributed by atoms with E-state index < -0.39 is 0 Å². The number of anilines is 1. The van der Waals surface area contributed by atoms with Gasteiger partial charge in [0.05, 0.1) is 0 Å². The van der Waals surface area contributed by atoms with Gasteiger partial charge in [-0.1, -0.05) is 0 Å². The molecule has 92 valence electrons. The Labute approximate surface area is 116 Å². The van der Waals surface area contributed by atoms with Crippen LogP contribution in [0.25, 0.3) is 0 Å². The predicted octanol–water partition coefficient (Wildman–Crippen LogP) is 2.25. The van der Waals surface area contributed by atoms with E-state index in [1.165, 1.54) is 16.4 Å². The standard InChI is InChI=1S/C13H18IN3/c1-13(15)4-9-7-17(8-10(9)5-13)12-3-2-11(14)6-16-12/h2-3,6,9-10H,4-5,7-8,15H2,1H3. The highest BCUT2D eigenvalue weighted by atomic mass is 127. The van der Waals surface area contributed by atoms with Crippen molar-refractivity contribution in [3.8, 4) is 0 Å². The molecule has 0 bridgehead atoms. The number of nitrogens with two attached hydrogens (primary N) is 1. The number of fused-ring (bicyclic) bond motifs is 1.